The molecule has 0 radical (unpaired) electrons. The Kier molecular flexibility index (Phi) is 4.72. The molecule has 7 nitrogen and oxygen atoms in total. The number of hydrogen-bond acceptors (Lipinski definition) is 5. The van der Waals surface area contributed by atoms with Crippen molar-refractivity contribution in [1.29, 1.82) is 0 Å². The standard InChI is InChI=1S/C20H22N6OS/c1-12(16-10-22-25(4)14(16)3)23-18(27)11-26-20-19(13(2)24-26)15(7-8-21-20)17-6-5-9-28-17/h5-10,12H,11H2,1-4H3,(H,23,27). The number of hydrogen-bond donors (Lipinski definition) is 1. The van der Waals surface area contributed by atoms with Gasteiger partial charge in [-0.15, -0.1) is 11.3 Å². The first-order valence-electron chi connectivity index (χ1n) is 9.09. The fraction of sp³-hybridized carbons (Fsp3) is 0.300. The van der Waals surface area contributed by atoms with Crippen LogP contribution in [0.2, 0.25) is 0 Å². The maximum Gasteiger partial charge on any atom is 0.242 e. The van der Waals surface area contributed by atoms with E-state index in [1.54, 1.807) is 33.1 Å². The van der Waals surface area contributed by atoms with Gasteiger partial charge in [0.05, 0.1) is 23.3 Å². The number of rotatable bonds is 5. The van der Waals surface area contributed by atoms with Crippen LogP contribution in [0, 0.1) is 13.8 Å². The van der Waals surface area contributed by atoms with Gasteiger partial charge in [0.25, 0.3) is 0 Å². The highest BCUT2D eigenvalue weighted by atomic mass is 32.1. The molecule has 4 aromatic heterocycles. The van der Waals surface area contributed by atoms with E-state index in [9.17, 15) is 4.79 Å². The predicted molar refractivity (Wildman–Crippen MR) is 110 cm³/mol. The molecule has 1 atom stereocenters. The molecule has 0 spiro atoms. The van der Waals surface area contributed by atoms with Crippen LogP contribution >= 0.6 is 11.3 Å². The van der Waals surface area contributed by atoms with Gasteiger partial charge in [0, 0.05) is 34.9 Å². The lowest BCUT2D eigenvalue weighted by atomic mass is 10.1. The summed E-state index contributed by atoms with van der Waals surface area (Å²) in [5, 5.41) is 14.9. The zero-order chi connectivity index (χ0) is 19.8. The number of carbonyl (C=O) groups excluding carboxylic acids is 1. The summed E-state index contributed by atoms with van der Waals surface area (Å²) >= 11 is 1.68. The summed E-state index contributed by atoms with van der Waals surface area (Å²) in [6.45, 7) is 6.03. The van der Waals surface area contributed by atoms with Crippen LogP contribution in [-0.4, -0.2) is 30.5 Å². The number of nitrogens with zero attached hydrogens (tertiary/aromatic N) is 5. The molecule has 0 saturated carbocycles. The third-order valence-electron chi connectivity index (χ3n) is 5.01. The monoisotopic (exact) mass is 394 g/mol. The maximum atomic E-state index is 12.7. The van der Waals surface area contributed by atoms with E-state index in [1.165, 1.54) is 4.88 Å². The minimum atomic E-state index is -0.126. The number of thiophene rings is 1. The van der Waals surface area contributed by atoms with Crippen LogP contribution in [0.25, 0.3) is 21.5 Å². The highest BCUT2D eigenvalue weighted by molar-refractivity contribution is 7.13. The van der Waals surface area contributed by atoms with E-state index >= 15 is 0 Å². The van der Waals surface area contributed by atoms with E-state index in [4.69, 9.17) is 0 Å². The lowest BCUT2D eigenvalue weighted by molar-refractivity contribution is -0.122. The topological polar surface area (TPSA) is 77.6 Å². The van der Waals surface area contributed by atoms with Crippen molar-refractivity contribution in [1.82, 2.24) is 29.9 Å². The largest absolute Gasteiger partial charge is 0.348 e. The molecule has 0 saturated heterocycles. The lowest BCUT2D eigenvalue weighted by Crippen LogP contribution is -2.30. The van der Waals surface area contributed by atoms with Crippen molar-refractivity contribution in [2.75, 3.05) is 0 Å². The van der Waals surface area contributed by atoms with Gasteiger partial charge < -0.3 is 5.32 Å². The van der Waals surface area contributed by atoms with Gasteiger partial charge in [0.1, 0.15) is 6.54 Å². The van der Waals surface area contributed by atoms with E-state index in [0.717, 1.165) is 33.5 Å². The second kappa shape index (κ2) is 7.20. The van der Waals surface area contributed by atoms with Crippen LogP contribution in [0.3, 0.4) is 0 Å². The van der Waals surface area contributed by atoms with Gasteiger partial charge in [-0.2, -0.15) is 10.2 Å². The molecule has 0 aromatic carbocycles. The fourth-order valence-electron chi connectivity index (χ4n) is 3.47. The van der Waals surface area contributed by atoms with Gasteiger partial charge in [0.15, 0.2) is 5.65 Å². The van der Waals surface area contributed by atoms with Crippen LogP contribution in [0.4, 0.5) is 0 Å². The normalized spacial score (nSPS) is 12.4. The van der Waals surface area contributed by atoms with Gasteiger partial charge in [-0.05, 0) is 38.3 Å². The van der Waals surface area contributed by atoms with Crippen LogP contribution in [-0.2, 0) is 18.4 Å². The second-order valence-corrected chi connectivity index (χ2v) is 7.82. The van der Waals surface area contributed by atoms with Crippen LogP contribution in [0.5, 0.6) is 0 Å². The molecule has 28 heavy (non-hydrogen) atoms. The predicted octanol–water partition coefficient (Wildman–Crippen LogP) is 3.39. The third kappa shape index (κ3) is 3.20. The Hall–Kier alpha value is -3.00. The van der Waals surface area contributed by atoms with E-state index in [0.29, 0.717) is 0 Å². The van der Waals surface area contributed by atoms with Crippen molar-refractivity contribution < 1.29 is 4.79 Å². The van der Waals surface area contributed by atoms with Crippen LogP contribution in [0.1, 0.15) is 29.9 Å². The summed E-state index contributed by atoms with van der Waals surface area (Å²) in [6.07, 6.45) is 3.57. The number of aryl methyl sites for hydroxylation is 2. The Labute approximate surface area is 167 Å². The fourth-order valence-corrected chi connectivity index (χ4v) is 4.23. The van der Waals surface area contributed by atoms with Gasteiger partial charge in [-0.1, -0.05) is 6.07 Å². The van der Waals surface area contributed by atoms with Gasteiger partial charge in [-0.3, -0.25) is 9.48 Å². The summed E-state index contributed by atoms with van der Waals surface area (Å²) in [7, 11) is 1.89. The highest BCUT2D eigenvalue weighted by Crippen LogP contribution is 2.32. The van der Waals surface area contributed by atoms with Gasteiger partial charge >= 0.3 is 0 Å². The minimum Gasteiger partial charge on any atom is -0.348 e. The summed E-state index contributed by atoms with van der Waals surface area (Å²) in [4.78, 5) is 18.3. The molecule has 1 amide bonds. The Balaban J connectivity index is 1.59. The molecule has 8 heteroatoms. The van der Waals surface area contributed by atoms with Crippen LogP contribution in [0.15, 0.2) is 36.0 Å². The number of nitrogens with one attached hydrogen (secondary N) is 1. The molecular formula is C20H22N6OS. The molecule has 0 aliphatic rings. The number of fused-ring (bicyclic) bond motifs is 1. The van der Waals surface area contributed by atoms with Crippen molar-refractivity contribution in [2.45, 2.75) is 33.4 Å². The third-order valence-corrected chi connectivity index (χ3v) is 5.91. The number of carbonyl (C=O) groups is 1. The van der Waals surface area contributed by atoms with E-state index in [1.807, 2.05) is 40.0 Å². The molecule has 0 fully saturated rings. The second-order valence-electron chi connectivity index (χ2n) is 6.88. The molecule has 4 heterocycles. The minimum absolute atomic E-state index is 0.108. The summed E-state index contributed by atoms with van der Waals surface area (Å²) in [6, 6.07) is 5.99. The van der Waals surface area contributed by atoms with Crippen molar-refractivity contribution in [3.8, 4) is 10.4 Å². The molecule has 0 aliphatic heterocycles. The summed E-state index contributed by atoms with van der Waals surface area (Å²) in [5.41, 5.74) is 4.74. The summed E-state index contributed by atoms with van der Waals surface area (Å²) < 4.78 is 3.48. The molecule has 1 N–H and O–H groups in total. The first kappa shape index (κ1) is 18.4. The first-order chi connectivity index (χ1) is 13.5. The zero-order valence-electron chi connectivity index (χ0n) is 16.3. The Bertz CT molecular complexity index is 1140. The van der Waals surface area contributed by atoms with E-state index in [2.05, 4.69) is 31.9 Å². The van der Waals surface area contributed by atoms with E-state index in [-0.39, 0.29) is 18.5 Å². The molecular weight excluding hydrogens is 372 g/mol. The molecule has 0 aliphatic carbocycles. The Morgan fingerprint density at radius 2 is 2.14 bits per heavy atom. The molecule has 4 aromatic rings. The van der Waals surface area contributed by atoms with Crippen molar-refractivity contribution in [3.63, 3.8) is 0 Å². The van der Waals surface area contributed by atoms with E-state index < -0.39 is 0 Å². The molecule has 4 rings (SSSR count). The number of amides is 1. The van der Waals surface area contributed by atoms with Crippen molar-refractivity contribution >= 4 is 28.3 Å². The average Bonchev–Trinajstić information content (AvgIpc) is 3.37. The number of pyridine rings is 1. The van der Waals surface area contributed by atoms with Gasteiger partial charge in [0.2, 0.25) is 5.91 Å². The zero-order valence-corrected chi connectivity index (χ0v) is 17.1. The first-order valence-corrected chi connectivity index (χ1v) is 9.97. The average molecular weight is 395 g/mol. The lowest BCUT2D eigenvalue weighted by Gasteiger charge is -2.14. The molecule has 0 bridgehead atoms. The highest BCUT2D eigenvalue weighted by Gasteiger charge is 2.18. The van der Waals surface area contributed by atoms with Crippen molar-refractivity contribution in [3.05, 3.63) is 52.9 Å². The van der Waals surface area contributed by atoms with Gasteiger partial charge in [-0.25, -0.2) is 9.67 Å². The number of aromatic nitrogens is 5. The Morgan fingerprint density at radius 1 is 1.32 bits per heavy atom. The summed E-state index contributed by atoms with van der Waals surface area (Å²) in [5.74, 6) is -0.108. The quantitative estimate of drug-likeness (QED) is 0.563. The Morgan fingerprint density at radius 3 is 2.82 bits per heavy atom. The smallest absolute Gasteiger partial charge is 0.242 e. The molecule has 1 unspecified atom stereocenters. The van der Waals surface area contributed by atoms with Crippen molar-refractivity contribution in [2.24, 2.45) is 7.05 Å². The maximum absolute atomic E-state index is 12.7. The SMILES string of the molecule is Cc1nn(CC(=O)NC(C)c2cnn(C)c2C)c2nccc(-c3cccs3)c12. The van der Waals surface area contributed by atoms with Crippen LogP contribution < -0.4 is 5.32 Å². The molecule has 144 valence electrons.